The van der Waals surface area contributed by atoms with Gasteiger partial charge in [0, 0.05) is 25.5 Å². The van der Waals surface area contributed by atoms with Crippen LogP contribution < -0.4 is 0 Å². The number of rotatable bonds is 2. The van der Waals surface area contributed by atoms with E-state index in [0.29, 0.717) is 11.4 Å². The summed E-state index contributed by atoms with van der Waals surface area (Å²) in [4.78, 5) is 27.9. The molecule has 6 nitrogen and oxygen atoms in total. The molecule has 0 radical (unpaired) electrons. The van der Waals surface area contributed by atoms with Crippen molar-refractivity contribution in [3.63, 3.8) is 0 Å². The van der Waals surface area contributed by atoms with Crippen molar-refractivity contribution in [1.29, 1.82) is 0 Å². The van der Waals surface area contributed by atoms with E-state index in [4.69, 9.17) is 0 Å². The maximum atomic E-state index is 13.0. The lowest BCUT2D eigenvalue weighted by molar-refractivity contribution is -0.139. The molecule has 0 fully saturated rings. The molecule has 0 saturated carbocycles. The summed E-state index contributed by atoms with van der Waals surface area (Å²) in [5.41, 5.74) is 2.59. The first kappa shape index (κ1) is 15.8. The highest BCUT2D eigenvalue weighted by Crippen LogP contribution is 2.32. The standard InChI is InChI=1S/C18H17N3O3S/c1-10-13-7-15(25-17(13)20(2)19-10)16(22)21-8-11-5-3-4-6-12(11)14(9-21)18(23)24/h3-7,14H,8-9H2,1-2H3,(H,23,24). The fourth-order valence-electron chi connectivity index (χ4n) is 3.44. The van der Waals surface area contributed by atoms with E-state index in [2.05, 4.69) is 5.10 Å². The van der Waals surface area contributed by atoms with Gasteiger partial charge in [0.05, 0.1) is 16.5 Å². The number of benzene rings is 1. The molecule has 0 bridgehead atoms. The van der Waals surface area contributed by atoms with Gasteiger partial charge in [-0.3, -0.25) is 14.3 Å². The third-order valence-electron chi connectivity index (χ3n) is 4.69. The van der Waals surface area contributed by atoms with Gasteiger partial charge in [-0.2, -0.15) is 5.10 Å². The minimum atomic E-state index is -0.902. The number of carboxylic acid groups (broad SMARTS) is 1. The molecule has 2 aromatic heterocycles. The molecule has 0 saturated heterocycles. The number of thiophene rings is 1. The van der Waals surface area contributed by atoms with E-state index in [1.54, 1.807) is 9.58 Å². The fourth-order valence-corrected chi connectivity index (χ4v) is 4.53. The van der Waals surface area contributed by atoms with Crippen LogP contribution in [0.15, 0.2) is 30.3 Å². The summed E-state index contributed by atoms with van der Waals surface area (Å²) in [7, 11) is 1.86. The largest absolute Gasteiger partial charge is 0.481 e. The molecule has 3 heterocycles. The van der Waals surface area contributed by atoms with Gasteiger partial charge in [-0.15, -0.1) is 11.3 Å². The van der Waals surface area contributed by atoms with E-state index in [9.17, 15) is 14.7 Å². The number of fused-ring (bicyclic) bond motifs is 2. The zero-order valence-electron chi connectivity index (χ0n) is 13.9. The molecule has 1 unspecified atom stereocenters. The highest BCUT2D eigenvalue weighted by Gasteiger charge is 2.33. The van der Waals surface area contributed by atoms with Crippen LogP contribution in [0.1, 0.15) is 32.4 Å². The predicted molar refractivity (Wildman–Crippen MR) is 94.9 cm³/mol. The maximum Gasteiger partial charge on any atom is 0.312 e. The fraction of sp³-hybridized carbons (Fsp3) is 0.278. The van der Waals surface area contributed by atoms with Crippen LogP contribution in [0.25, 0.3) is 10.2 Å². The second-order valence-corrected chi connectivity index (χ2v) is 7.34. The van der Waals surface area contributed by atoms with E-state index in [1.165, 1.54) is 11.3 Å². The Balaban J connectivity index is 1.70. The van der Waals surface area contributed by atoms with Crippen molar-refractivity contribution < 1.29 is 14.7 Å². The third-order valence-corrected chi connectivity index (χ3v) is 5.88. The number of carboxylic acids is 1. The number of aryl methyl sites for hydroxylation is 2. The van der Waals surface area contributed by atoms with Gasteiger partial charge in [0.15, 0.2) is 0 Å². The first-order valence-electron chi connectivity index (χ1n) is 7.98. The van der Waals surface area contributed by atoms with E-state index in [0.717, 1.165) is 27.0 Å². The van der Waals surface area contributed by atoms with Gasteiger partial charge in [-0.05, 0) is 24.1 Å². The van der Waals surface area contributed by atoms with E-state index in [-0.39, 0.29) is 12.5 Å². The molecule has 1 aliphatic rings. The van der Waals surface area contributed by atoms with Crippen molar-refractivity contribution in [2.75, 3.05) is 6.54 Å². The minimum Gasteiger partial charge on any atom is -0.481 e. The number of carbonyl (C=O) groups excluding carboxylic acids is 1. The highest BCUT2D eigenvalue weighted by atomic mass is 32.1. The summed E-state index contributed by atoms with van der Waals surface area (Å²) in [6, 6.07) is 9.31. The highest BCUT2D eigenvalue weighted by molar-refractivity contribution is 7.20. The van der Waals surface area contributed by atoms with Gasteiger partial charge in [-0.1, -0.05) is 24.3 Å². The summed E-state index contributed by atoms with van der Waals surface area (Å²) in [5.74, 6) is -1.71. The SMILES string of the molecule is Cc1nn(C)c2sc(C(=O)N3Cc4ccccc4C(C(=O)O)C3)cc12. The third kappa shape index (κ3) is 2.51. The second kappa shape index (κ2) is 5.70. The molecule has 1 N–H and O–H groups in total. The van der Waals surface area contributed by atoms with Gasteiger partial charge in [-0.25, -0.2) is 0 Å². The Hall–Kier alpha value is -2.67. The molecule has 3 aromatic rings. The Labute approximate surface area is 148 Å². The Bertz CT molecular complexity index is 970. The molecule has 1 atom stereocenters. The van der Waals surface area contributed by atoms with Crippen molar-refractivity contribution in [1.82, 2.24) is 14.7 Å². The maximum absolute atomic E-state index is 13.0. The molecular formula is C18H17N3O3S. The topological polar surface area (TPSA) is 75.4 Å². The number of carbonyl (C=O) groups is 2. The van der Waals surface area contributed by atoms with Crippen LogP contribution in [0.4, 0.5) is 0 Å². The quantitative estimate of drug-likeness (QED) is 0.767. The van der Waals surface area contributed by atoms with Crippen LogP contribution in [-0.2, 0) is 18.4 Å². The summed E-state index contributed by atoms with van der Waals surface area (Å²) in [6.45, 7) is 2.54. The van der Waals surface area contributed by atoms with E-state index >= 15 is 0 Å². The van der Waals surface area contributed by atoms with Crippen molar-refractivity contribution in [3.8, 4) is 0 Å². The first-order chi connectivity index (χ1) is 12.0. The molecule has 4 rings (SSSR count). The Morgan fingerprint density at radius 1 is 1.32 bits per heavy atom. The Morgan fingerprint density at radius 2 is 2.08 bits per heavy atom. The van der Waals surface area contributed by atoms with Crippen molar-refractivity contribution in [2.45, 2.75) is 19.4 Å². The lowest BCUT2D eigenvalue weighted by Crippen LogP contribution is -2.40. The molecule has 0 spiro atoms. The van der Waals surface area contributed by atoms with Gasteiger partial charge in [0.2, 0.25) is 0 Å². The zero-order chi connectivity index (χ0) is 17.7. The number of nitrogens with zero attached hydrogens (tertiary/aromatic N) is 3. The summed E-state index contributed by atoms with van der Waals surface area (Å²) < 4.78 is 1.78. The molecule has 1 amide bonds. The molecule has 1 aromatic carbocycles. The Morgan fingerprint density at radius 3 is 2.80 bits per heavy atom. The van der Waals surface area contributed by atoms with Crippen LogP contribution in [0.2, 0.25) is 0 Å². The normalized spacial score (nSPS) is 16.9. The Kier molecular flexibility index (Phi) is 3.61. The van der Waals surface area contributed by atoms with Gasteiger partial charge in [0.25, 0.3) is 5.91 Å². The summed E-state index contributed by atoms with van der Waals surface area (Å²) in [6.07, 6.45) is 0. The van der Waals surface area contributed by atoms with Crippen LogP contribution >= 0.6 is 11.3 Å². The minimum absolute atomic E-state index is 0.124. The number of aromatic nitrogens is 2. The zero-order valence-corrected chi connectivity index (χ0v) is 14.7. The van der Waals surface area contributed by atoms with E-state index in [1.807, 2.05) is 44.3 Å². The van der Waals surface area contributed by atoms with Gasteiger partial charge in [0.1, 0.15) is 4.83 Å². The van der Waals surface area contributed by atoms with Crippen molar-refractivity contribution in [2.24, 2.45) is 7.05 Å². The van der Waals surface area contributed by atoms with Crippen LogP contribution in [0.5, 0.6) is 0 Å². The lowest BCUT2D eigenvalue weighted by Gasteiger charge is -2.32. The number of aliphatic carboxylic acids is 1. The van der Waals surface area contributed by atoms with Gasteiger partial charge < -0.3 is 10.0 Å². The average molecular weight is 355 g/mol. The van der Waals surface area contributed by atoms with E-state index < -0.39 is 11.9 Å². The summed E-state index contributed by atoms with van der Waals surface area (Å²) in [5, 5.41) is 14.9. The summed E-state index contributed by atoms with van der Waals surface area (Å²) >= 11 is 1.40. The first-order valence-corrected chi connectivity index (χ1v) is 8.80. The number of hydrogen-bond donors (Lipinski definition) is 1. The lowest BCUT2D eigenvalue weighted by atomic mass is 9.90. The molecule has 7 heteroatoms. The molecule has 128 valence electrons. The molecule has 1 aliphatic heterocycles. The molecular weight excluding hydrogens is 338 g/mol. The predicted octanol–water partition coefficient (Wildman–Crippen LogP) is 2.77. The average Bonchev–Trinajstić information content (AvgIpc) is 3.15. The van der Waals surface area contributed by atoms with Crippen LogP contribution in [0, 0.1) is 6.92 Å². The van der Waals surface area contributed by atoms with Gasteiger partial charge >= 0.3 is 5.97 Å². The number of amides is 1. The monoisotopic (exact) mass is 355 g/mol. The molecule has 0 aliphatic carbocycles. The smallest absolute Gasteiger partial charge is 0.312 e. The van der Waals surface area contributed by atoms with Crippen LogP contribution in [-0.4, -0.2) is 38.2 Å². The van der Waals surface area contributed by atoms with Crippen LogP contribution in [0.3, 0.4) is 0 Å². The molecule has 25 heavy (non-hydrogen) atoms. The number of hydrogen-bond acceptors (Lipinski definition) is 4. The second-order valence-electron chi connectivity index (χ2n) is 6.31. The van der Waals surface area contributed by atoms with Crippen molar-refractivity contribution in [3.05, 3.63) is 52.0 Å². The van der Waals surface area contributed by atoms with Crippen molar-refractivity contribution >= 4 is 33.4 Å².